The molecule has 1 rings (SSSR count). The number of nitro groups is 1. The van der Waals surface area contributed by atoms with E-state index in [4.69, 9.17) is 10.00 Å². The SMILES string of the molecule is CCCC(COC)Nc1cc(C#N)ccc1[N+](=O)[O-]. The Morgan fingerprint density at radius 1 is 1.58 bits per heavy atom. The molecule has 1 unspecified atom stereocenters. The van der Waals surface area contributed by atoms with E-state index in [-0.39, 0.29) is 11.7 Å². The molecule has 1 aromatic rings. The third kappa shape index (κ3) is 4.23. The van der Waals surface area contributed by atoms with Crippen molar-refractivity contribution >= 4 is 11.4 Å². The van der Waals surface area contributed by atoms with E-state index in [1.165, 1.54) is 18.2 Å². The van der Waals surface area contributed by atoms with Gasteiger partial charge in [-0.15, -0.1) is 0 Å². The summed E-state index contributed by atoms with van der Waals surface area (Å²) >= 11 is 0. The molecule has 0 radical (unpaired) electrons. The summed E-state index contributed by atoms with van der Waals surface area (Å²) in [5.74, 6) is 0. The van der Waals surface area contributed by atoms with Crippen LogP contribution in [0.3, 0.4) is 0 Å². The first kappa shape index (κ1) is 14.9. The maximum Gasteiger partial charge on any atom is 0.292 e. The predicted octanol–water partition coefficient (Wildman–Crippen LogP) is 2.69. The minimum absolute atomic E-state index is 0.0114. The molecule has 0 amide bonds. The number of nitro benzene ring substituents is 1. The number of methoxy groups -OCH3 is 1. The van der Waals surface area contributed by atoms with Crippen molar-refractivity contribution in [3.05, 3.63) is 33.9 Å². The second-order valence-corrected chi connectivity index (χ2v) is 4.19. The lowest BCUT2D eigenvalue weighted by atomic mass is 10.1. The van der Waals surface area contributed by atoms with Gasteiger partial charge in [0.1, 0.15) is 5.69 Å². The average molecular weight is 263 g/mol. The van der Waals surface area contributed by atoms with Gasteiger partial charge in [0.05, 0.1) is 23.2 Å². The molecule has 102 valence electrons. The normalized spacial score (nSPS) is 11.6. The van der Waals surface area contributed by atoms with E-state index in [1.807, 2.05) is 13.0 Å². The Balaban J connectivity index is 3.01. The highest BCUT2D eigenvalue weighted by molar-refractivity contribution is 5.64. The van der Waals surface area contributed by atoms with Crippen LogP contribution in [0.5, 0.6) is 0 Å². The first-order chi connectivity index (χ1) is 9.12. The van der Waals surface area contributed by atoms with Gasteiger partial charge in [0.25, 0.3) is 5.69 Å². The zero-order valence-electron chi connectivity index (χ0n) is 11.0. The molecule has 0 aliphatic carbocycles. The van der Waals surface area contributed by atoms with Crippen molar-refractivity contribution in [3.63, 3.8) is 0 Å². The first-order valence-electron chi connectivity index (χ1n) is 6.06. The summed E-state index contributed by atoms with van der Waals surface area (Å²) in [5.41, 5.74) is 0.719. The zero-order chi connectivity index (χ0) is 14.3. The van der Waals surface area contributed by atoms with Crippen molar-refractivity contribution in [3.8, 4) is 6.07 Å². The third-order valence-electron chi connectivity index (χ3n) is 2.69. The van der Waals surface area contributed by atoms with Gasteiger partial charge in [-0.1, -0.05) is 13.3 Å². The fourth-order valence-electron chi connectivity index (χ4n) is 1.85. The van der Waals surface area contributed by atoms with Crippen LogP contribution in [0.15, 0.2) is 18.2 Å². The van der Waals surface area contributed by atoms with Crippen molar-refractivity contribution in [2.45, 2.75) is 25.8 Å². The molecule has 6 nitrogen and oxygen atoms in total. The molecule has 19 heavy (non-hydrogen) atoms. The Kier molecular flexibility index (Phi) is 5.76. The van der Waals surface area contributed by atoms with Crippen LogP contribution in [-0.2, 0) is 4.74 Å². The second kappa shape index (κ2) is 7.34. The lowest BCUT2D eigenvalue weighted by Crippen LogP contribution is -2.25. The third-order valence-corrected chi connectivity index (χ3v) is 2.69. The van der Waals surface area contributed by atoms with Gasteiger partial charge in [-0.3, -0.25) is 10.1 Å². The van der Waals surface area contributed by atoms with Crippen LogP contribution in [0.2, 0.25) is 0 Å². The molecular formula is C13H17N3O3. The molecule has 0 saturated heterocycles. The summed E-state index contributed by atoms with van der Waals surface area (Å²) in [6.07, 6.45) is 1.77. The summed E-state index contributed by atoms with van der Waals surface area (Å²) in [7, 11) is 1.59. The zero-order valence-corrected chi connectivity index (χ0v) is 11.0. The lowest BCUT2D eigenvalue weighted by Gasteiger charge is -2.18. The van der Waals surface area contributed by atoms with Gasteiger partial charge in [0, 0.05) is 19.2 Å². The maximum absolute atomic E-state index is 11.0. The van der Waals surface area contributed by atoms with E-state index in [2.05, 4.69) is 5.32 Å². The Morgan fingerprint density at radius 2 is 2.32 bits per heavy atom. The number of benzene rings is 1. The molecule has 0 heterocycles. The molecule has 0 bridgehead atoms. The molecule has 6 heteroatoms. The highest BCUT2D eigenvalue weighted by Gasteiger charge is 2.17. The summed E-state index contributed by atoms with van der Waals surface area (Å²) in [6.45, 7) is 2.49. The minimum Gasteiger partial charge on any atom is -0.383 e. The Labute approximate surface area is 112 Å². The quantitative estimate of drug-likeness (QED) is 0.603. The van der Waals surface area contributed by atoms with Crippen LogP contribution >= 0.6 is 0 Å². The predicted molar refractivity (Wildman–Crippen MR) is 72.0 cm³/mol. The molecule has 0 saturated carbocycles. The van der Waals surface area contributed by atoms with Crippen LogP contribution < -0.4 is 5.32 Å². The van der Waals surface area contributed by atoms with Gasteiger partial charge in [-0.2, -0.15) is 5.26 Å². The molecule has 1 aromatic carbocycles. The molecular weight excluding hydrogens is 246 g/mol. The van der Waals surface area contributed by atoms with E-state index in [1.54, 1.807) is 7.11 Å². The lowest BCUT2D eigenvalue weighted by molar-refractivity contribution is -0.384. The van der Waals surface area contributed by atoms with Crippen LogP contribution in [0.4, 0.5) is 11.4 Å². The molecule has 0 aromatic heterocycles. The summed E-state index contributed by atoms with van der Waals surface area (Å²) in [6, 6.07) is 6.24. The molecule has 0 spiro atoms. The summed E-state index contributed by atoms with van der Waals surface area (Å²) in [5, 5.41) is 22.9. The molecule has 1 atom stereocenters. The van der Waals surface area contributed by atoms with Crippen molar-refractivity contribution in [1.82, 2.24) is 0 Å². The van der Waals surface area contributed by atoms with Crippen molar-refractivity contribution in [1.29, 1.82) is 5.26 Å². The Morgan fingerprint density at radius 3 is 2.84 bits per heavy atom. The van der Waals surface area contributed by atoms with Gasteiger partial charge in [-0.25, -0.2) is 0 Å². The molecule has 0 aliphatic rings. The van der Waals surface area contributed by atoms with Gasteiger partial charge in [0.2, 0.25) is 0 Å². The smallest absolute Gasteiger partial charge is 0.292 e. The highest BCUT2D eigenvalue weighted by atomic mass is 16.6. The maximum atomic E-state index is 11.0. The number of hydrogen-bond donors (Lipinski definition) is 1. The number of nitrogens with one attached hydrogen (secondary N) is 1. The number of rotatable bonds is 7. The van der Waals surface area contributed by atoms with Gasteiger partial charge >= 0.3 is 0 Å². The first-order valence-corrected chi connectivity index (χ1v) is 6.06. The van der Waals surface area contributed by atoms with Gasteiger partial charge in [0.15, 0.2) is 0 Å². The fraction of sp³-hybridized carbons (Fsp3) is 0.462. The number of nitrogens with zero attached hydrogens (tertiary/aromatic N) is 2. The monoisotopic (exact) mass is 263 g/mol. The highest BCUT2D eigenvalue weighted by Crippen LogP contribution is 2.26. The van der Waals surface area contributed by atoms with E-state index in [0.717, 1.165) is 12.8 Å². The molecule has 0 fully saturated rings. The van der Waals surface area contributed by atoms with Crippen LogP contribution in [0.1, 0.15) is 25.3 Å². The van der Waals surface area contributed by atoms with Crippen LogP contribution in [0, 0.1) is 21.4 Å². The Hall–Kier alpha value is -2.13. The largest absolute Gasteiger partial charge is 0.383 e. The molecule has 0 aliphatic heterocycles. The minimum atomic E-state index is -0.459. The number of anilines is 1. The average Bonchev–Trinajstić information content (AvgIpc) is 2.38. The topological polar surface area (TPSA) is 88.2 Å². The number of nitriles is 1. The number of ether oxygens (including phenoxy) is 1. The summed E-state index contributed by atoms with van der Waals surface area (Å²) in [4.78, 5) is 10.5. The van der Waals surface area contributed by atoms with E-state index >= 15 is 0 Å². The van der Waals surface area contributed by atoms with Crippen molar-refractivity contribution in [2.75, 3.05) is 19.0 Å². The van der Waals surface area contributed by atoms with Crippen LogP contribution in [-0.4, -0.2) is 24.7 Å². The van der Waals surface area contributed by atoms with Crippen LogP contribution in [0.25, 0.3) is 0 Å². The fourth-order valence-corrected chi connectivity index (χ4v) is 1.85. The second-order valence-electron chi connectivity index (χ2n) is 4.19. The standard InChI is InChI=1S/C13H17N3O3/c1-3-4-11(9-19-2)15-12-7-10(8-14)5-6-13(12)16(17)18/h5-7,11,15H,3-4,9H2,1-2H3. The molecule has 1 N–H and O–H groups in total. The Bertz CT molecular complexity index is 477. The van der Waals surface area contributed by atoms with Gasteiger partial charge in [-0.05, 0) is 18.6 Å². The number of hydrogen-bond acceptors (Lipinski definition) is 5. The van der Waals surface area contributed by atoms with E-state index in [0.29, 0.717) is 17.9 Å². The van der Waals surface area contributed by atoms with E-state index in [9.17, 15) is 10.1 Å². The van der Waals surface area contributed by atoms with Gasteiger partial charge < -0.3 is 10.1 Å². The van der Waals surface area contributed by atoms with Crippen molar-refractivity contribution < 1.29 is 9.66 Å². The van der Waals surface area contributed by atoms with E-state index < -0.39 is 4.92 Å². The van der Waals surface area contributed by atoms with Crippen molar-refractivity contribution in [2.24, 2.45) is 0 Å². The summed E-state index contributed by atoms with van der Waals surface area (Å²) < 4.78 is 5.09.